The van der Waals surface area contributed by atoms with E-state index < -0.39 is 0 Å². The molecule has 4 nitrogen and oxygen atoms in total. The van der Waals surface area contributed by atoms with Gasteiger partial charge in [0.15, 0.2) is 0 Å². The fourth-order valence-electron chi connectivity index (χ4n) is 1.57. The summed E-state index contributed by atoms with van der Waals surface area (Å²) in [5.74, 6) is 0.338. The summed E-state index contributed by atoms with van der Waals surface area (Å²) in [4.78, 5) is 0. The van der Waals surface area contributed by atoms with Crippen LogP contribution in [-0.2, 0) is 13.1 Å². The van der Waals surface area contributed by atoms with Crippen molar-refractivity contribution in [3.05, 3.63) is 47.3 Å². The van der Waals surface area contributed by atoms with E-state index in [-0.39, 0.29) is 0 Å². The Morgan fingerprint density at radius 1 is 1.38 bits per heavy atom. The zero-order chi connectivity index (χ0) is 11.4. The van der Waals surface area contributed by atoms with Crippen molar-refractivity contribution in [2.24, 2.45) is 0 Å². The molecule has 0 unspecified atom stereocenters. The lowest BCUT2D eigenvalue weighted by Crippen LogP contribution is -2.12. The standard InChI is InChI=1S/C12H15N3O/c1-9-2-3-12(16)11(4-9)8-13-5-10-6-14-15-7-10/h2-4,6-7,13,16H,5,8H2,1H3,(H,14,15). The second kappa shape index (κ2) is 4.81. The van der Waals surface area contributed by atoms with Gasteiger partial charge in [-0.3, -0.25) is 5.10 Å². The van der Waals surface area contributed by atoms with Gasteiger partial charge in [-0.2, -0.15) is 5.10 Å². The van der Waals surface area contributed by atoms with Gasteiger partial charge in [-0.15, -0.1) is 0 Å². The van der Waals surface area contributed by atoms with Crippen molar-refractivity contribution in [1.82, 2.24) is 15.5 Å². The SMILES string of the molecule is Cc1ccc(O)c(CNCc2cn[nH]c2)c1. The zero-order valence-electron chi connectivity index (χ0n) is 9.20. The number of benzene rings is 1. The number of H-pyrrole nitrogens is 1. The highest BCUT2D eigenvalue weighted by molar-refractivity contribution is 5.35. The van der Waals surface area contributed by atoms with E-state index in [0.29, 0.717) is 12.3 Å². The smallest absolute Gasteiger partial charge is 0.120 e. The summed E-state index contributed by atoms with van der Waals surface area (Å²) in [5.41, 5.74) is 3.17. The van der Waals surface area contributed by atoms with Crippen LogP contribution in [0.3, 0.4) is 0 Å². The third kappa shape index (κ3) is 2.61. The number of aromatic amines is 1. The lowest BCUT2D eigenvalue weighted by Gasteiger charge is -2.06. The Kier molecular flexibility index (Phi) is 3.22. The average molecular weight is 217 g/mol. The van der Waals surface area contributed by atoms with E-state index in [1.54, 1.807) is 12.3 Å². The van der Waals surface area contributed by atoms with Crippen molar-refractivity contribution in [2.45, 2.75) is 20.0 Å². The van der Waals surface area contributed by atoms with E-state index in [1.165, 1.54) is 0 Å². The number of phenols is 1. The first-order chi connectivity index (χ1) is 7.75. The Morgan fingerprint density at radius 2 is 2.25 bits per heavy atom. The van der Waals surface area contributed by atoms with Crippen molar-refractivity contribution in [2.75, 3.05) is 0 Å². The number of phenolic OH excluding ortho intramolecular Hbond substituents is 1. The fourth-order valence-corrected chi connectivity index (χ4v) is 1.57. The van der Waals surface area contributed by atoms with Crippen molar-refractivity contribution in [3.8, 4) is 5.75 Å². The summed E-state index contributed by atoms with van der Waals surface area (Å²) in [6.45, 7) is 3.40. The largest absolute Gasteiger partial charge is 0.508 e. The molecule has 1 aromatic carbocycles. The van der Waals surface area contributed by atoms with E-state index in [1.807, 2.05) is 25.3 Å². The van der Waals surface area contributed by atoms with Gasteiger partial charge in [0.25, 0.3) is 0 Å². The van der Waals surface area contributed by atoms with Crippen LogP contribution in [0.2, 0.25) is 0 Å². The molecule has 0 spiro atoms. The fraction of sp³-hybridized carbons (Fsp3) is 0.250. The first-order valence-electron chi connectivity index (χ1n) is 5.22. The summed E-state index contributed by atoms with van der Waals surface area (Å²) >= 11 is 0. The van der Waals surface area contributed by atoms with E-state index in [2.05, 4.69) is 15.5 Å². The third-order valence-electron chi connectivity index (χ3n) is 2.43. The molecular weight excluding hydrogens is 202 g/mol. The molecular formula is C12H15N3O. The maximum Gasteiger partial charge on any atom is 0.120 e. The van der Waals surface area contributed by atoms with Crippen molar-refractivity contribution in [3.63, 3.8) is 0 Å². The van der Waals surface area contributed by atoms with Gasteiger partial charge < -0.3 is 10.4 Å². The minimum Gasteiger partial charge on any atom is -0.508 e. The zero-order valence-corrected chi connectivity index (χ0v) is 9.20. The van der Waals surface area contributed by atoms with Gasteiger partial charge in [-0.1, -0.05) is 17.7 Å². The van der Waals surface area contributed by atoms with Crippen LogP contribution < -0.4 is 5.32 Å². The van der Waals surface area contributed by atoms with Gasteiger partial charge in [-0.05, 0) is 13.0 Å². The molecule has 1 heterocycles. The van der Waals surface area contributed by atoms with Crippen LogP contribution in [0.15, 0.2) is 30.6 Å². The van der Waals surface area contributed by atoms with Crippen LogP contribution in [0.4, 0.5) is 0 Å². The summed E-state index contributed by atoms with van der Waals surface area (Å²) < 4.78 is 0. The molecule has 0 saturated carbocycles. The van der Waals surface area contributed by atoms with Crippen molar-refractivity contribution < 1.29 is 5.11 Å². The number of nitrogens with zero attached hydrogens (tertiary/aromatic N) is 1. The van der Waals surface area contributed by atoms with E-state index >= 15 is 0 Å². The minimum absolute atomic E-state index is 0.338. The molecule has 0 saturated heterocycles. The first kappa shape index (κ1) is 10.7. The van der Waals surface area contributed by atoms with Crippen LogP contribution in [-0.4, -0.2) is 15.3 Å². The number of nitrogens with one attached hydrogen (secondary N) is 2. The van der Waals surface area contributed by atoms with Gasteiger partial charge >= 0.3 is 0 Å². The molecule has 3 N–H and O–H groups in total. The second-order valence-electron chi connectivity index (χ2n) is 3.84. The predicted octanol–water partition coefficient (Wildman–Crippen LogP) is 1.71. The van der Waals surface area contributed by atoms with Crippen LogP contribution >= 0.6 is 0 Å². The quantitative estimate of drug-likeness (QED) is 0.730. The maximum atomic E-state index is 9.63. The number of hydrogen-bond donors (Lipinski definition) is 3. The molecule has 0 bridgehead atoms. The normalized spacial score (nSPS) is 10.6. The molecule has 2 rings (SSSR count). The highest BCUT2D eigenvalue weighted by atomic mass is 16.3. The Bertz CT molecular complexity index is 451. The molecule has 16 heavy (non-hydrogen) atoms. The summed E-state index contributed by atoms with van der Waals surface area (Å²) in [7, 11) is 0. The van der Waals surface area contributed by atoms with Crippen LogP contribution in [0.25, 0.3) is 0 Å². The molecule has 0 radical (unpaired) electrons. The third-order valence-corrected chi connectivity index (χ3v) is 2.43. The number of hydrogen-bond acceptors (Lipinski definition) is 3. The molecule has 84 valence electrons. The highest BCUT2D eigenvalue weighted by Crippen LogP contribution is 2.17. The van der Waals surface area contributed by atoms with Gasteiger partial charge in [0, 0.05) is 30.4 Å². The van der Waals surface area contributed by atoms with E-state index in [0.717, 1.165) is 23.2 Å². The molecule has 2 aromatic rings. The molecule has 0 aliphatic heterocycles. The summed E-state index contributed by atoms with van der Waals surface area (Å²) in [6, 6.07) is 5.61. The second-order valence-corrected chi connectivity index (χ2v) is 3.84. The van der Waals surface area contributed by atoms with Crippen molar-refractivity contribution >= 4 is 0 Å². The highest BCUT2D eigenvalue weighted by Gasteiger charge is 2.01. The number of aryl methyl sites for hydroxylation is 1. The molecule has 0 amide bonds. The average Bonchev–Trinajstić information content (AvgIpc) is 2.76. The van der Waals surface area contributed by atoms with Crippen LogP contribution in [0.1, 0.15) is 16.7 Å². The number of aromatic nitrogens is 2. The number of rotatable bonds is 4. The molecule has 1 aromatic heterocycles. The monoisotopic (exact) mass is 217 g/mol. The Labute approximate surface area is 94.3 Å². The Morgan fingerprint density at radius 3 is 3.00 bits per heavy atom. The van der Waals surface area contributed by atoms with Gasteiger partial charge in [0.1, 0.15) is 5.75 Å². The summed E-state index contributed by atoms with van der Waals surface area (Å²) in [5, 5.41) is 19.5. The lowest BCUT2D eigenvalue weighted by atomic mass is 10.1. The van der Waals surface area contributed by atoms with Gasteiger partial charge in [0.2, 0.25) is 0 Å². The summed E-state index contributed by atoms with van der Waals surface area (Å²) in [6.07, 6.45) is 3.63. The Balaban J connectivity index is 1.92. The first-order valence-corrected chi connectivity index (χ1v) is 5.22. The minimum atomic E-state index is 0.338. The van der Waals surface area contributed by atoms with E-state index in [9.17, 15) is 5.11 Å². The molecule has 4 heteroatoms. The molecule has 0 fully saturated rings. The topological polar surface area (TPSA) is 60.9 Å². The lowest BCUT2D eigenvalue weighted by molar-refractivity contribution is 0.464. The predicted molar refractivity (Wildman–Crippen MR) is 62.0 cm³/mol. The Hall–Kier alpha value is -1.81. The van der Waals surface area contributed by atoms with Crippen molar-refractivity contribution in [1.29, 1.82) is 0 Å². The molecule has 0 aliphatic rings. The molecule has 0 aliphatic carbocycles. The van der Waals surface area contributed by atoms with Gasteiger partial charge in [0.05, 0.1) is 6.20 Å². The van der Waals surface area contributed by atoms with Crippen LogP contribution in [0, 0.1) is 6.92 Å². The number of aromatic hydroxyl groups is 1. The molecule has 0 atom stereocenters. The maximum absolute atomic E-state index is 9.63. The van der Waals surface area contributed by atoms with Gasteiger partial charge in [-0.25, -0.2) is 0 Å². The van der Waals surface area contributed by atoms with Crippen LogP contribution in [0.5, 0.6) is 5.75 Å². The van der Waals surface area contributed by atoms with E-state index in [4.69, 9.17) is 0 Å².